The minimum atomic E-state index is -4.95. The van der Waals surface area contributed by atoms with E-state index in [0.29, 0.717) is 31.6 Å². The Kier molecular flexibility index (Phi) is 59.6. The molecule has 0 aromatic rings. The second-order valence-corrected chi connectivity index (χ2v) is 29.6. The molecule has 0 aromatic carbocycles. The average Bonchev–Trinajstić information content (AvgIpc) is 3.57. The quantitative estimate of drug-likeness (QED) is 0.0222. The van der Waals surface area contributed by atoms with Crippen LogP contribution in [-0.2, 0) is 65.4 Å². The van der Waals surface area contributed by atoms with Crippen molar-refractivity contribution in [1.29, 1.82) is 0 Å². The lowest BCUT2D eigenvalue weighted by Gasteiger charge is -2.21. The molecule has 528 valence electrons. The first-order chi connectivity index (χ1) is 42.7. The molecule has 0 spiro atoms. The molecule has 19 heteroatoms. The smallest absolute Gasteiger partial charge is 0.462 e. The third-order valence-corrected chi connectivity index (χ3v) is 18.0. The van der Waals surface area contributed by atoms with Crippen LogP contribution in [-0.4, -0.2) is 96.7 Å². The van der Waals surface area contributed by atoms with E-state index in [-0.39, 0.29) is 25.7 Å². The Morgan fingerprint density at radius 3 is 0.764 bits per heavy atom. The van der Waals surface area contributed by atoms with Crippen molar-refractivity contribution >= 4 is 39.5 Å². The molecule has 89 heavy (non-hydrogen) atoms. The van der Waals surface area contributed by atoms with Gasteiger partial charge in [-0.15, -0.1) is 0 Å². The lowest BCUT2D eigenvalue weighted by atomic mass is 10.0. The zero-order valence-corrected chi connectivity index (χ0v) is 59.7. The maximum Gasteiger partial charge on any atom is 0.472 e. The summed E-state index contributed by atoms with van der Waals surface area (Å²) >= 11 is 0. The molecule has 0 fully saturated rings. The van der Waals surface area contributed by atoms with Crippen molar-refractivity contribution in [1.82, 2.24) is 0 Å². The van der Waals surface area contributed by atoms with Crippen LogP contribution in [0.3, 0.4) is 0 Å². The molecule has 5 atom stereocenters. The van der Waals surface area contributed by atoms with E-state index in [0.717, 1.165) is 108 Å². The van der Waals surface area contributed by atoms with Crippen LogP contribution in [0.2, 0.25) is 0 Å². The molecule has 0 aliphatic heterocycles. The fourth-order valence-electron chi connectivity index (χ4n) is 10.5. The number of carbonyl (C=O) groups excluding carboxylic acids is 4. The fraction of sp³-hybridized carbons (Fsp3) is 0.943. The van der Waals surface area contributed by atoms with Gasteiger partial charge in [-0.05, 0) is 43.4 Å². The van der Waals surface area contributed by atoms with E-state index in [1.54, 1.807) is 0 Å². The lowest BCUT2D eigenvalue weighted by Crippen LogP contribution is -2.30. The van der Waals surface area contributed by atoms with Crippen molar-refractivity contribution < 1.29 is 80.2 Å². The number of carbonyl (C=O) groups is 4. The summed E-state index contributed by atoms with van der Waals surface area (Å²) in [6.07, 6.45) is 44.4. The monoisotopic (exact) mass is 1310 g/mol. The summed E-state index contributed by atoms with van der Waals surface area (Å²) in [7, 11) is -9.90. The summed E-state index contributed by atoms with van der Waals surface area (Å²) in [6.45, 7) is 11.8. The van der Waals surface area contributed by atoms with Crippen LogP contribution in [0.25, 0.3) is 0 Å². The lowest BCUT2D eigenvalue weighted by molar-refractivity contribution is -0.161. The number of ether oxygens (including phenoxy) is 4. The summed E-state index contributed by atoms with van der Waals surface area (Å²) in [5, 5.41) is 10.6. The SMILES string of the molecule is CCCCCCCCCCCCCCC(=O)O[C@H](COC(=O)CCCCCCCCCC(C)C)COP(=O)(O)OC[C@H](O)COP(=O)(O)OC[C@@H](COC(=O)CCCCCCCCCCCCC(C)C)OC(=O)CCCCCCCCCCCCCC(C)C. The molecule has 2 unspecified atom stereocenters. The van der Waals surface area contributed by atoms with Gasteiger partial charge in [0, 0.05) is 25.7 Å². The molecule has 0 aliphatic carbocycles. The molecule has 17 nitrogen and oxygen atoms in total. The van der Waals surface area contributed by atoms with E-state index < -0.39 is 97.5 Å². The summed E-state index contributed by atoms with van der Waals surface area (Å²) in [6, 6.07) is 0. The highest BCUT2D eigenvalue weighted by Crippen LogP contribution is 2.45. The molecule has 0 radical (unpaired) electrons. The van der Waals surface area contributed by atoms with Crippen molar-refractivity contribution in [2.75, 3.05) is 39.6 Å². The largest absolute Gasteiger partial charge is 0.472 e. The first-order valence-corrected chi connectivity index (χ1v) is 39.3. The Bertz CT molecular complexity index is 1750. The minimum absolute atomic E-state index is 0.106. The average molecular weight is 1310 g/mol. The molecule has 0 rings (SSSR count). The predicted molar refractivity (Wildman–Crippen MR) is 358 cm³/mol. The van der Waals surface area contributed by atoms with E-state index in [4.69, 9.17) is 37.0 Å². The summed E-state index contributed by atoms with van der Waals surface area (Å²) < 4.78 is 68.3. The van der Waals surface area contributed by atoms with Gasteiger partial charge in [-0.25, -0.2) is 9.13 Å². The number of hydrogen-bond donors (Lipinski definition) is 3. The van der Waals surface area contributed by atoms with Crippen LogP contribution in [0.5, 0.6) is 0 Å². The molecule has 0 saturated carbocycles. The number of unbranched alkanes of at least 4 members (excludes halogenated alkanes) is 36. The highest BCUT2D eigenvalue weighted by molar-refractivity contribution is 7.47. The molecular weight excluding hydrogens is 1170 g/mol. The van der Waals surface area contributed by atoms with Gasteiger partial charge in [-0.2, -0.15) is 0 Å². The normalized spacial score (nSPS) is 14.2. The van der Waals surface area contributed by atoms with Gasteiger partial charge in [0.05, 0.1) is 26.4 Å². The van der Waals surface area contributed by atoms with E-state index in [1.807, 2.05) is 0 Å². The molecule has 3 N–H and O–H groups in total. The molecular formula is C70H136O17P2. The van der Waals surface area contributed by atoms with Gasteiger partial charge in [0.15, 0.2) is 12.2 Å². The fourth-order valence-corrected chi connectivity index (χ4v) is 12.1. The zero-order valence-electron chi connectivity index (χ0n) is 57.9. The Balaban J connectivity index is 5.26. The Morgan fingerprint density at radius 1 is 0.303 bits per heavy atom. The van der Waals surface area contributed by atoms with Crippen molar-refractivity contribution in [3.8, 4) is 0 Å². The number of aliphatic hydroxyl groups is 1. The molecule has 0 saturated heterocycles. The third-order valence-electron chi connectivity index (χ3n) is 16.1. The molecule has 0 amide bonds. The van der Waals surface area contributed by atoms with E-state index in [1.165, 1.54) is 154 Å². The Labute approximate surface area is 543 Å². The van der Waals surface area contributed by atoms with Gasteiger partial charge in [-0.1, -0.05) is 299 Å². The number of aliphatic hydroxyl groups excluding tert-OH is 1. The van der Waals surface area contributed by atoms with Gasteiger partial charge in [-0.3, -0.25) is 37.3 Å². The van der Waals surface area contributed by atoms with Crippen LogP contribution in [0.4, 0.5) is 0 Å². The molecule has 0 bridgehead atoms. The van der Waals surface area contributed by atoms with Crippen molar-refractivity contribution in [2.24, 2.45) is 17.8 Å². The van der Waals surface area contributed by atoms with Gasteiger partial charge >= 0.3 is 39.5 Å². The van der Waals surface area contributed by atoms with Crippen LogP contribution in [0.1, 0.15) is 350 Å². The van der Waals surface area contributed by atoms with Crippen molar-refractivity contribution in [2.45, 2.75) is 369 Å². The first kappa shape index (κ1) is 87.1. The molecule has 0 aromatic heterocycles. The van der Waals surface area contributed by atoms with Gasteiger partial charge < -0.3 is 33.8 Å². The maximum absolute atomic E-state index is 13.0. The second-order valence-electron chi connectivity index (χ2n) is 26.7. The number of esters is 4. The van der Waals surface area contributed by atoms with Crippen LogP contribution in [0.15, 0.2) is 0 Å². The topological polar surface area (TPSA) is 237 Å². The highest BCUT2D eigenvalue weighted by atomic mass is 31.2. The van der Waals surface area contributed by atoms with Gasteiger partial charge in [0.2, 0.25) is 0 Å². The maximum atomic E-state index is 13.0. The number of hydrogen-bond acceptors (Lipinski definition) is 15. The standard InChI is InChI=1S/C70H136O17P2/c1-8-9-10-11-12-13-14-17-24-31-39-46-53-69(74)87-66(58-81-68(73)52-45-38-33-26-29-36-43-50-63(6)7)60-85-89(78,79)83-56-64(71)55-82-88(76,77)84-59-65(57-80-67(72)51-44-37-30-23-20-19-22-28-35-42-49-62(4)5)86-70(75)54-47-40-32-25-18-15-16-21-27-34-41-48-61(2)3/h61-66,71H,8-60H2,1-7H3,(H,76,77)(H,78,79)/t64-,65-,66-/m1/s1. The number of phosphoric acid groups is 2. The number of phosphoric ester groups is 2. The van der Waals surface area contributed by atoms with Crippen LogP contribution in [0, 0.1) is 17.8 Å². The van der Waals surface area contributed by atoms with Gasteiger partial charge in [0.25, 0.3) is 0 Å². The summed E-state index contributed by atoms with van der Waals surface area (Å²) in [4.78, 5) is 72.5. The van der Waals surface area contributed by atoms with E-state index in [2.05, 4.69) is 48.5 Å². The Morgan fingerprint density at radius 2 is 0.517 bits per heavy atom. The first-order valence-electron chi connectivity index (χ1n) is 36.3. The van der Waals surface area contributed by atoms with E-state index in [9.17, 15) is 43.2 Å². The van der Waals surface area contributed by atoms with Crippen LogP contribution < -0.4 is 0 Å². The third kappa shape index (κ3) is 64.6. The van der Waals surface area contributed by atoms with Crippen LogP contribution >= 0.6 is 15.6 Å². The van der Waals surface area contributed by atoms with Crippen molar-refractivity contribution in [3.63, 3.8) is 0 Å². The summed E-state index contributed by atoms with van der Waals surface area (Å²) in [5.74, 6) is 0.103. The second kappa shape index (κ2) is 61.0. The molecule has 0 heterocycles. The molecule has 0 aliphatic rings. The summed E-state index contributed by atoms with van der Waals surface area (Å²) in [5.41, 5.74) is 0. The van der Waals surface area contributed by atoms with Gasteiger partial charge in [0.1, 0.15) is 19.3 Å². The zero-order chi connectivity index (χ0) is 65.9. The van der Waals surface area contributed by atoms with Crippen molar-refractivity contribution in [3.05, 3.63) is 0 Å². The van der Waals surface area contributed by atoms with E-state index >= 15 is 0 Å². The minimum Gasteiger partial charge on any atom is -0.462 e. The highest BCUT2D eigenvalue weighted by Gasteiger charge is 2.30. The predicted octanol–water partition coefficient (Wildman–Crippen LogP) is 19.8. The number of rotatable bonds is 68. The Hall–Kier alpha value is -1.94.